The summed E-state index contributed by atoms with van der Waals surface area (Å²) in [5.41, 5.74) is 3.97. The van der Waals surface area contributed by atoms with Crippen molar-refractivity contribution >= 4 is 11.7 Å². The predicted octanol–water partition coefficient (Wildman–Crippen LogP) is 4.72. The second-order valence-electron chi connectivity index (χ2n) is 6.92. The van der Waals surface area contributed by atoms with Crippen LogP contribution in [0, 0.1) is 13.8 Å². The van der Waals surface area contributed by atoms with Gasteiger partial charge >= 0.3 is 6.03 Å². The molecule has 1 aliphatic rings. The molecule has 0 saturated carbocycles. The number of aryl methyl sites for hydroxylation is 2. The summed E-state index contributed by atoms with van der Waals surface area (Å²) in [5, 5.41) is 7.09. The van der Waals surface area contributed by atoms with Crippen molar-refractivity contribution in [2.75, 3.05) is 11.9 Å². The number of anilines is 1. The van der Waals surface area contributed by atoms with Gasteiger partial charge in [0.1, 0.15) is 6.04 Å². The molecule has 1 N–H and O–H groups in total. The lowest BCUT2D eigenvalue weighted by molar-refractivity contribution is 0.193. The third kappa shape index (κ3) is 3.56. The number of hydrogen-bond acceptors (Lipinski definition) is 4. The number of nitrogens with zero attached hydrogens (tertiary/aromatic N) is 3. The number of urea groups is 1. The molecule has 1 aliphatic heterocycles. The van der Waals surface area contributed by atoms with E-state index in [0.717, 1.165) is 35.2 Å². The van der Waals surface area contributed by atoms with Crippen molar-refractivity contribution in [2.24, 2.45) is 0 Å². The molecule has 0 bridgehead atoms. The van der Waals surface area contributed by atoms with E-state index in [0.29, 0.717) is 18.3 Å². The molecule has 2 aromatic carbocycles. The maximum Gasteiger partial charge on any atom is 0.322 e. The number of hydrogen-bond donors (Lipinski definition) is 1. The third-order valence-corrected chi connectivity index (χ3v) is 4.93. The van der Waals surface area contributed by atoms with Gasteiger partial charge < -0.3 is 14.7 Å². The molecule has 1 atom stereocenters. The summed E-state index contributed by atoms with van der Waals surface area (Å²) in [7, 11) is 0. The van der Waals surface area contributed by atoms with Gasteiger partial charge in [0, 0.05) is 17.8 Å². The van der Waals surface area contributed by atoms with E-state index in [-0.39, 0.29) is 12.1 Å². The van der Waals surface area contributed by atoms with E-state index < -0.39 is 0 Å². The van der Waals surface area contributed by atoms with Crippen molar-refractivity contribution in [2.45, 2.75) is 32.7 Å². The van der Waals surface area contributed by atoms with Crippen molar-refractivity contribution < 1.29 is 9.32 Å². The van der Waals surface area contributed by atoms with E-state index in [2.05, 4.69) is 15.5 Å². The van der Waals surface area contributed by atoms with Crippen LogP contribution in [0.5, 0.6) is 0 Å². The van der Waals surface area contributed by atoms with Crippen molar-refractivity contribution in [3.05, 3.63) is 65.5 Å². The molecule has 1 saturated heterocycles. The predicted molar refractivity (Wildman–Crippen MR) is 103 cm³/mol. The fraction of sp³-hybridized carbons (Fsp3) is 0.286. The molecule has 138 valence electrons. The first kappa shape index (κ1) is 17.3. The number of aromatic nitrogens is 2. The zero-order valence-corrected chi connectivity index (χ0v) is 15.5. The van der Waals surface area contributed by atoms with Crippen LogP contribution in [-0.2, 0) is 0 Å². The van der Waals surface area contributed by atoms with Crippen molar-refractivity contribution in [3.8, 4) is 11.4 Å². The van der Waals surface area contributed by atoms with Gasteiger partial charge in [0.2, 0.25) is 11.7 Å². The van der Waals surface area contributed by atoms with E-state index in [1.54, 1.807) is 4.90 Å². The summed E-state index contributed by atoms with van der Waals surface area (Å²) in [6.07, 6.45) is 1.73. The Balaban J connectivity index is 1.52. The van der Waals surface area contributed by atoms with Crippen molar-refractivity contribution in [3.63, 3.8) is 0 Å². The van der Waals surface area contributed by atoms with Gasteiger partial charge in [0.25, 0.3) is 0 Å². The van der Waals surface area contributed by atoms with Gasteiger partial charge in [-0.05, 0) is 44.4 Å². The summed E-state index contributed by atoms with van der Waals surface area (Å²) in [4.78, 5) is 19.1. The van der Waals surface area contributed by atoms with Gasteiger partial charge in [-0.25, -0.2) is 4.79 Å². The van der Waals surface area contributed by atoms with Crippen LogP contribution >= 0.6 is 0 Å². The fourth-order valence-corrected chi connectivity index (χ4v) is 3.40. The summed E-state index contributed by atoms with van der Waals surface area (Å²) >= 11 is 0. The highest BCUT2D eigenvalue weighted by atomic mass is 16.5. The Morgan fingerprint density at radius 1 is 1.15 bits per heavy atom. The molecule has 3 aromatic rings. The molecule has 2 heterocycles. The molecule has 1 aromatic heterocycles. The molecule has 27 heavy (non-hydrogen) atoms. The minimum Gasteiger partial charge on any atom is -0.337 e. The number of carbonyl (C=O) groups is 1. The molecule has 6 nitrogen and oxygen atoms in total. The van der Waals surface area contributed by atoms with E-state index >= 15 is 0 Å². The average Bonchev–Trinajstić information content (AvgIpc) is 3.33. The fourth-order valence-electron chi connectivity index (χ4n) is 3.40. The minimum absolute atomic E-state index is 0.142. The monoisotopic (exact) mass is 362 g/mol. The Labute approximate surface area is 158 Å². The number of likely N-dealkylation sites (tertiary alicyclic amines) is 1. The molecule has 2 amide bonds. The Morgan fingerprint density at radius 2 is 1.93 bits per heavy atom. The second-order valence-corrected chi connectivity index (χ2v) is 6.92. The lowest BCUT2D eigenvalue weighted by Crippen LogP contribution is -2.34. The van der Waals surface area contributed by atoms with Gasteiger partial charge in [-0.3, -0.25) is 0 Å². The third-order valence-electron chi connectivity index (χ3n) is 4.93. The number of carbonyl (C=O) groups excluding carboxylic acids is 1. The van der Waals surface area contributed by atoms with E-state index in [4.69, 9.17) is 4.52 Å². The first-order valence-electron chi connectivity index (χ1n) is 9.16. The second kappa shape index (κ2) is 7.23. The lowest BCUT2D eigenvalue weighted by Gasteiger charge is -2.22. The molecule has 4 rings (SSSR count). The van der Waals surface area contributed by atoms with Crippen LogP contribution in [0.3, 0.4) is 0 Å². The Hall–Kier alpha value is -3.15. The Bertz CT molecular complexity index is 949. The summed E-state index contributed by atoms with van der Waals surface area (Å²) < 4.78 is 5.52. The van der Waals surface area contributed by atoms with E-state index in [1.807, 2.05) is 62.4 Å². The van der Waals surface area contributed by atoms with Gasteiger partial charge in [0.15, 0.2) is 0 Å². The minimum atomic E-state index is -0.194. The number of benzene rings is 2. The number of nitrogens with one attached hydrogen (secondary N) is 1. The van der Waals surface area contributed by atoms with Crippen LogP contribution in [0.25, 0.3) is 11.4 Å². The molecular formula is C21H22N4O2. The maximum atomic E-state index is 12.7. The van der Waals surface area contributed by atoms with Gasteiger partial charge in [-0.2, -0.15) is 4.98 Å². The van der Waals surface area contributed by atoms with Crippen LogP contribution in [0.2, 0.25) is 0 Å². The Kier molecular flexibility index (Phi) is 4.62. The maximum absolute atomic E-state index is 12.7. The number of rotatable bonds is 3. The SMILES string of the molecule is Cc1ccc(NC(=O)N2CCC[C@H]2c2nc(-c3ccccc3C)no2)cc1. The molecule has 1 fully saturated rings. The molecular weight excluding hydrogens is 340 g/mol. The highest BCUT2D eigenvalue weighted by molar-refractivity contribution is 5.89. The first-order chi connectivity index (χ1) is 13.1. The Morgan fingerprint density at radius 3 is 2.70 bits per heavy atom. The standard InChI is InChI=1S/C21H22N4O2/c1-14-9-11-16(12-10-14)22-21(26)25-13-5-8-18(25)20-23-19(24-27-20)17-7-4-3-6-15(17)2/h3-4,6-7,9-12,18H,5,8,13H2,1-2H3,(H,22,26)/t18-/m0/s1. The normalized spacial score (nSPS) is 16.5. The molecule has 0 spiro atoms. The zero-order valence-electron chi connectivity index (χ0n) is 15.5. The van der Waals surface area contributed by atoms with Crippen molar-refractivity contribution in [1.82, 2.24) is 15.0 Å². The largest absolute Gasteiger partial charge is 0.337 e. The highest BCUT2D eigenvalue weighted by Crippen LogP contribution is 2.33. The first-order valence-corrected chi connectivity index (χ1v) is 9.16. The van der Waals surface area contributed by atoms with Gasteiger partial charge in [-0.15, -0.1) is 0 Å². The zero-order chi connectivity index (χ0) is 18.8. The van der Waals surface area contributed by atoms with Gasteiger partial charge in [0.05, 0.1) is 0 Å². The van der Waals surface area contributed by atoms with E-state index in [1.165, 1.54) is 0 Å². The highest BCUT2D eigenvalue weighted by Gasteiger charge is 2.34. The smallest absolute Gasteiger partial charge is 0.322 e. The topological polar surface area (TPSA) is 71.3 Å². The van der Waals surface area contributed by atoms with Crippen molar-refractivity contribution in [1.29, 1.82) is 0 Å². The van der Waals surface area contributed by atoms with E-state index in [9.17, 15) is 4.79 Å². The molecule has 0 radical (unpaired) electrons. The van der Waals surface area contributed by atoms with Crippen LogP contribution in [-0.4, -0.2) is 27.6 Å². The summed E-state index contributed by atoms with van der Waals surface area (Å²) in [6, 6.07) is 15.3. The van der Waals surface area contributed by atoms with Gasteiger partial charge in [-0.1, -0.05) is 47.1 Å². The van der Waals surface area contributed by atoms with Crippen LogP contribution < -0.4 is 5.32 Å². The average molecular weight is 362 g/mol. The number of amides is 2. The molecule has 0 unspecified atom stereocenters. The van der Waals surface area contributed by atoms with Crippen LogP contribution in [0.15, 0.2) is 53.1 Å². The lowest BCUT2D eigenvalue weighted by atomic mass is 10.1. The summed E-state index contributed by atoms with van der Waals surface area (Å²) in [5.74, 6) is 1.05. The quantitative estimate of drug-likeness (QED) is 0.732. The molecule has 0 aliphatic carbocycles. The van der Waals surface area contributed by atoms with Crippen LogP contribution in [0.4, 0.5) is 10.5 Å². The van der Waals surface area contributed by atoms with Crippen LogP contribution in [0.1, 0.15) is 35.9 Å². The summed E-state index contributed by atoms with van der Waals surface area (Å²) in [6.45, 7) is 4.70. The molecule has 6 heteroatoms.